The van der Waals surface area contributed by atoms with Crippen LogP contribution in [0.25, 0.3) is 0 Å². The van der Waals surface area contributed by atoms with E-state index in [0.29, 0.717) is 36.7 Å². The summed E-state index contributed by atoms with van der Waals surface area (Å²) in [6.45, 7) is 7.81. The first-order valence-corrected chi connectivity index (χ1v) is 11.4. The van der Waals surface area contributed by atoms with Crippen molar-refractivity contribution in [2.24, 2.45) is 40.2 Å². The zero-order valence-corrected chi connectivity index (χ0v) is 17.8. The van der Waals surface area contributed by atoms with E-state index in [1.807, 2.05) is 0 Å². The lowest BCUT2D eigenvalue weighted by molar-refractivity contribution is -0.149. The summed E-state index contributed by atoms with van der Waals surface area (Å²) in [4.78, 5) is 18.2. The van der Waals surface area contributed by atoms with Gasteiger partial charge in [-0.05, 0) is 73.7 Å². The average Bonchev–Trinajstić information content (AvgIpc) is 2.97. The summed E-state index contributed by atoms with van der Waals surface area (Å²) in [5.74, 6) is 2.23. The number of Topliss-reactive ketones (excluding diaryl/α,β-unsaturated/α-hetero) is 1. The molecule has 0 amide bonds. The van der Waals surface area contributed by atoms with Gasteiger partial charge in [0.2, 0.25) is 0 Å². The maximum Gasteiger partial charge on any atom is 0.139 e. The number of carbonyl (C=O) groups excluding carboxylic acids is 1. The van der Waals surface area contributed by atoms with Gasteiger partial charge in [0.1, 0.15) is 5.78 Å². The van der Waals surface area contributed by atoms with Crippen molar-refractivity contribution in [2.75, 3.05) is 13.2 Å². The standard InChI is InChI=1S/C23H38N2O3/c1-4-14-18(25-28-12-11-24)8-10-23(3)17-7-9-22(2)16(5-6-20(22)27)15(17)13-19(26)21(14)23/h15-17,19,21,25-26H,4-13,24H2,1-3H3/t15-,16-,17-,19+,21?,22-,23+/m0/s1. The smallest absolute Gasteiger partial charge is 0.139 e. The highest BCUT2D eigenvalue weighted by molar-refractivity contribution is 5.87. The predicted octanol–water partition coefficient (Wildman–Crippen LogP) is 3.32. The second-order valence-corrected chi connectivity index (χ2v) is 10.2. The highest BCUT2D eigenvalue weighted by Gasteiger charge is 2.62. The van der Waals surface area contributed by atoms with Crippen LogP contribution in [-0.4, -0.2) is 30.1 Å². The van der Waals surface area contributed by atoms with Crippen molar-refractivity contribution in [1.29, 1.82) is 0 Å². The number of carbonyl (C=O) groups is 1. The second kappa shape index (κ2) is 7.41. The van der Waals surface area contributed by atoms with Crippen LogP contribution >= 0.6 is 0 Å². The maximum atomic E-state index is 12.6. The van der Waals surface area contributed by atoms with E-state index in [9.17, 15) is 9.90 Å². The Morgan fingerprint density at radius 1 is 1.21 bits per heavy atom. The molecule has 3 saturated carbocycles. The summed E-state index contributed by atoms with van der Waals surface area (Å²) in [5.41, 5.74) is 11.2. The van der Waals surface area contributed by atoms with Crippen LogP contribution in [0.4, 0.5) is 0 Å². The predicted molar refractivity (Wildman–Crippen MR) is 109 cm³/mol. The molecule has 4 N–H and O–H groups in total. The molecule has 3 fully saturated rings. The normalized spacial score (nSPS) is 45.5. The van der Waals surface area contributed by atoms with Gasteiger partial charge in [0.25, 0.3) is 0 Å². The fraction of sp³-hybridized carbons (Fsp3) is 0.870. The van der Waals surface area contributed by atoms with Crippen molar-refractivity contribution in [1.82, 2.24) is 5.48 Å². The number of nitrogens with two attached hydrogens (primary N) is 1. The Balaban J connectivity index is 1.64. The summed E-state index contributed by atoms with van der Waals surface area (Å²) >= 11 is 0. The Labute approximate surface area is 169 Å². The van der Waals surface area contributed by atoms with E-state index in [1.165, 1.54) is 5.57 Å². The minimum absolute atomic E-state index is 0.111. The lowest BCUT2D eigenvalue weighted by Gasteiger charge is -2.61. The van der Waals surface area contributed by atoms with Gasteiger partial charge >= 0.3 is 0 Å². The highest BCUT2D eigenvalue weighted by atomic mass is 16.6. The molecule has 7 atom stereocenters. The Morgan fingerprint density at radius 3 is 2.71 bits per heavy atom. The Bertz CT molecular complexity index is 662. The summed E-state index contributed by atoms with van der Waals surface area (Å²) in [5, 5.41) is 11.4. The molecule has 0 radical (unpaired) electrons. The Hall–Kier alpha value is -0.910. The van der Waals surface area contributed by atoms with Gasteiger partial charge in [0, 0.05) is 30.0 Å². The Morgan fingerprint density at radius 2 is 2.00 bits per heavy atom. The number of aliphatic hydroxyl groups is 1. The van der Waals surface area contributed by atoms with Gasteiger partial charge < -0.3 is 10.8 Å². The van der Waals surface area contributed by atoms with Crippen molar-refractivity contribution in [3.05, 3.63) is 11.3 Å². The molecule has 0 bridgehead atoms. The van der Waals surface area contributed by atoms with Gasteiger partial charge in [-0.25, -0.2) is 0 Å². The van der Waals surface area contributed by atoms with E-state index in [0.717, 1.165) is 57.1 Å². The van der Waals surface area contributed by atoms with Gasteiger partial charge in [-0.1, -0.05) is 20.8 Å². The van der Waals surface area contributed by atoms with E-state index in [4.69, 9.17) is 10.6 Å². The first-order valence-electron chi connectivity index (χ1n) is 11.4. The van der Waals surface area contributed by atoms with Crippen LogP contribution in [-0.2, 0) is 9.63 Å². The van der Waals surface area contributed by atoms with Crippen LogP contribution in [0.1, 0.15) is 72.1 Å². The van der Waals surface area contributed by atoms with Crippen molar-refractivity contribution < 1.29 is 14.7 Å². The zero-order valence-electron chi connectivity index (χ0n) is 17.8. The lowest BCUT2D eigenvalue weighted by atomic mass is 9.44. The van der Waals surface area contributed by atoms with Crippen LogP contribution in [0, 0.1) is 34.5 Å². The van der Waals surface area contributed by atoms with Crippen molar-refractivity contribution in [2.45, 2.75) is 78.2 Å². The molecule has 0 aliphatic heterocycles. The molecule has 0 spiro atoms. The molecule has 4 aliphatic carbocycles. The monoisotopic (exact) mass is 390 g/mol. The molecule has 1 unspecified atom stereocenters. The summed E-state index contributed by atoms with van der Waals surface area (Å²) < 4.78 is 0. The van der Waals surface area contributed by atoms with E-state index in [-0.39, 0.29) is 22.9 Å². The molecule has 0 aromatic heterocycles. The van der Waals surface area contributed by atoms with Gasteiger partial charge in [0.15, 0.2) is 0 Å². The summed E-state index contributed by atoms with van der Waals surface area (Å²) in [6.07, 6.45) is 7.43. The first-order chi connectivity index (χ1) is 13.4. The van der Waals surface area contributed by atoms with Gasteiger partial charge in [0.05, 0.1) is 12.7 Å². The van der Waals surface area contributed by atoms with Gasteiger partial charge in [-0.3, -0.25) is 15.1 Å². The van der Waals surface area contributed by atoms with Crippen molar-refractivity contribution in [3.8, 4) is 0 Å². The molecule has 158 valence electrons. The number of allylic oxidation sites excluding steroid dienone is 1. The highest BCUT2D eigenvalue weighted by Crippen LogP contribution is 2.66. The van der Waals surface area contributed by atoms with Crippen molar-refractivity contribution >= 4 is 5.78 Å². The summed E-state index contributed by atoms with van der Waals surface area (Å²) in [7, 11) is 0. The zero-order chi connectivity index (χ0) is 20.1. The number of hydrogen-bond acceptors (Lipinski definition) is 5. The largest absolute Gasteiger partial charge is 0.392 e. The molecule has 5 heteroatoms. The molecule has 5 nitrogen and oxygen atoms in total. The average molecular weight is 391 g/mol. The molecule has 28 heavy (non-hydrogen) atoms. The van der Waals surface area contributed by atoms with E-state index in [2.05, 4.69) is 26.3 Å². The van der Waals surface area contributed by atoms with Crippen molar-refractivity contribution in [3.63, 3.8) is 0 Å². The van der Waals surface area contributed by atoms with E-state index in [1.54, 1.807) is 0 Å². The fourth-order valence-electron chi connectivity index (χ4n) is 7.75. The quantitative estimate of drug-likeness (QED) is 0.495. The number of rotatable bonds is 5. The molecular weight excluding hydrogens is 352 g/mol. The first kappa shape index (κ1) is 20.4. The number of fused-ring (bicyclic) bond motifs is 5. The minimum atomic E-state index is -0.328. The minimum Gasteiger partial charge on any atom is -0.392 e. The van der Waals surface area contributed by atoms with E-state index < -0.39 is 0 Å². The van der Waals surface area contributed by atoms with Crippen LogP contribution < -0.4 is 11.2 Å². The molecule has 4 aliphatic rings. The lowest BCUT2D eigenvalue weighted by Crippen LogP contribution is -2.58. The third-order valence-electron chi connectivity index (χ3n) is 9.07. The second-order valence-electron chi connectivity index (χ2n) is 10.2. The fourth-order valence-corrected chi connectivity index (χ4v) is 7.75. The third kappa shape index (κ3) is 2.88. The number of nitrogens with one attached hydrogen (secondary N) is 1. The molecule has 4 rings (SSSR count). The van der Waals surface area contributed by atoms with E-state index >= 15 is 0 Å². The van der Waals surface area contributed by atoms with Gasteiger partial charge in [-0.15, -0.1) is 0 Å². The number of aliphatic hydroxyl groups excluding tert-OH is 1. The number of hydroxylamine groups is 1. The molecular formula is C23H38N2O3. The maximum absolute atomic E-state index is 12.6. The molecule has 0 heterocycles. The van der Waals surface area contributed by atoms with Gasteiger partial charge in [-0.2, -0.15) is 0 Å². The van der Waals surface area contributed by atoms with Crippen LogP contribution in [0.15, 0.2) is 11.3 Å². The molecule has 0 aromatic rings. The summed E-state index contributed by atoms with van der Waals surface area (Å²) in [6, 6.07) is 0. The van der Waals surface area contributed by atoms with Crippen LogP contribution in [0.2, 0.25) is 0 Å². The molecule has 0 saturated heterocycles. The third-order valence-corrected chi connectivity index (χ3v) is 9.07. The molecule has 0 aromatic carbocycles. The van der Waals surface area contributed by atoms with Crippen LogP contribution in [0.3, 0.4) is 0 Å². The number of hydrogen-bond donors (Lipinski definition) is 3. The number of ketones is 1. The topological polar surface area (TPSA) is 84.6 Å². The SMILES string of the molecule is CCC1=C(NOCCN)CC[C@@]2(C)C1[C@H](O)C[C@@H]1[C@@H]2CC[C@]2(C)C(=O)CC[C@@H]12. The Kier molecular flexibility index (Phi) is 5.39. The van der Waals surface area contributed by atoms with Crippen LogP contribution in [0.5, 0.6) is 0 Å².